The van der Waals surface area contributed by atoms with Crippen LogP contribution in [0.5, 0.6) is 0 Å². The first kappa shape index (κ1) is 41.1. The lowest BCUT2D eigenvalue weighted by atomic mass is 9.82. The second-order valence-corrected chi connectivity index (χ2v) is 17.3. The second kappa shape index (κ2) is 16.7. The number of hydrogen-bond donors (Lipinski definition) is 4. The van der Waals surface area contributed by atoms with Crippen molar-refractivity contribution in [3.63, 3.8) is 0 Å². The summed E-state index contributed by atoms with van der Waals surface area (Å²) in [5.74, 6) is -1.72. The zero-order valence-electron chi connectivity index (χ0n) is 37.0. The Balaban J connectivity index is 0.998. The molecule has 322 valence electrons. The molecule has 1 heterocycles. The smallest absolute Gasteiger partial charge is 0.196 e. The summed E-state index contributed by atoms with van der Waals surface area (Å²) in [6.07, 6.45) is -0.262. The standard InChI is InChI=1S/C60H45BN2O4/c1-37-17-18-42-27-32-49(35-45(42)33-37)63-52-15-6-5-13-51(52)57-50(14-8-16-53(57)63)44-11-7-12-48(34-44)62(46-28-23-40(24-29-46)38-9-3-2-4-10-38)47-30-25-41(26-31-47)39-19-21-43(22-20-39)56-58(61)54(64)36-55(65)59(66)60(56)67/h2-35,64-67H,36,61H2,1H3. The van der Waals surface area contributed by atoms with E-state index in [1.54, 1.807) is 7.85 Å². The van der Waals surface area contributed by atoms with E-state index in [4.69, 9.17) is 0 Å². The number of aromatic nitrogens is 1. The highest BCUT2D eigenvalue weighted by Crippen LogP contribution is 2.43. The van der Waals surface area contributed by atoms with E-state index in [0.717, 1.165) is 67.2 Å². The van der Waals surface area contributed by atoms with E-state index in [-0.39, 0.29) is 17.8 Å². The largest absolute Gasteiger partial charge is 0.512 e. The molecule has 0 saturated carbocycles. The Morgan fingerprint density at radius 1 is 0.448 bits per heavy atom. The summed E-state index contributed by atoms with van der Waals surface area (Å²) in [4.78, 5) is 2.30. The quantitative estimate of drug-likeness (QED) is 0.114. The molecule has 1 aromatic heterocycles. The lowest BCUT2D eigenvalue weighted by Gasteiger charge is -2.26. The molecule has 0 aliphatic heterocycles. The van der Waals surface area contributed by atoms with Crippen molar-refractivity contribution in [2.45, 2.75) is 13.3 Å². The van der Waals surface area contributed by atoms with E-state index in [0.29, 0.717) is 11.0 Å². The van der Waals surface area contributed by atoms with Gasteiger partial charge in [-0.2, -0.15) is 0 Å². The Labute approximate surface area is 389 Å². The summed E-state index contributed by atoms with van der Waals surface area (Å²) < 4.78 is 2.39. The monoisotopic (exact) mass is 868 g/mol. The van der Waals surface area contributed by atoms with Gasteiger partial charge in [-0.1, -0.05) is 151 Å². The van der Waals surface area contributed by atoms with Gasteiger partial charge in [0.05, 0.1) is 23.2 Å². The highest BCUT2D eigenvalue weighted by Gasteiger charge is 2.25. The molecule has 11 rings (SSSR count). The maximum absolute atomic E-state index is 10.9. The highest BCUT2D eigenvalue weighted by molar-refractivity contribution is 6.31. The molecule has 1 aliphatic rings. The molecule has 1 aliphatic carbocycles. The minimum Gasteiger partial charge on any atom is -0.512 e. The molecule has 0 unspecified atom stereocenters. The van der Waals surface area contributed by atoms with Gasteiger partial charge in [-0.25, -0.2) is 0 Å². The number of aliphatic hydroxyl groups excluding tert-OH is 4. The first-order valence-corrected chi connectivity index (χ1v) is 22.4. The van der Waals surface area contributed by atoms with Crippen molar-refractivity contribution in [1.82, 2.24) is 4.57 Å². The Morgan fingerprint density at radius 3 is 1.75 bits per heavy atom. The van der Waals surface area contributed by atoms with E-state index in [2.05, 4.69) is 192 Å². The number of rotatable bonds is 8. The molecular formula is C60H45BN2O4. The van der Waals surface area contributed by atoms with Crippen LogP contribution in [0.25, 0.3) is 77.2 Å². The summed E-state index contributed by atoms with van der Waals surface area (Å²) in [5, 5.41) is 46.9. The van der Waals surface area contributed by atoms with Gasteiger partial charge in [0.1, 0.15) is 13.6 Å². The molecule has 6 nitrogen and oxygen atoms in total. The van der Waals surface area contributed by atoms with Gasteiger partial charge in [-0.15, -0.1) is 0 Å². The van der Waals surface area contributed by atoms with Crippen LogP contribution in [0.15, 0.2) is 235 Å². The lowest BCUT2D eigenvalue weighted by molar-refractivity contribution is 0.273. The number of fused-ring (bicyclic) bond motifs is 4. The molecule has 7 heteroatoms. The van der Waals surface area contributed by atoms with Crippen molar-refractivity contribution in [1.29, 1.82) is 0 Å². The highest BCUT2D eigenvalue weighted by atomic mass is 16.3. The molecule has 9 aromatic carbocycles. The predicted octanol–water partition coefficient (Wildman–Crippen LogP) is 15.1. The number of para-hydroxylation sites is 1. The van der Waals surface area contributed by atoms with Crippen molar-refractivity contribution < 1.29 is 20.4 Å². The molecular weight excluding hydrogens is 823 g/mol. The normalized spacial score (nSPS) is 13.2. The summed E-state index contributed by atoms with van der Waals surface area (Å²) >= 11 is 0. The van der Waals surface area contributed by atoms with Gasteiger partial charge in [-0.3, -0.25) is 0 Å². The van der Waals surface area contributed by atoms with Crippen molar-refractivity contribution in [3.05, 3.63) is 246 Å². The van der Waals surface area contributed by atoms with E-state index in [9.17, 15) is 20.4 Å². The number of hydrogen-bond acceptors (Lipinski definition) is 5. The Morgan fingerprint density at radius 2 is 1.03 bits per heavy atom. The molecule has 0 saturated heterocycles. The number of benzene rings is 9. The summed E-state index contributed by atoms with van der Waals surface area (Å²) in [5.41, 5.74) is 15.4. The van der Waals surface area contributed by atoms with Crippen LogP contribution in [-0.4, -0.2) is 32.8 Å². The van der Waals surface area contributed by atoms with E-state index >= 15 is 0 Å². The van der Waals surface area contributed by atoms with Gasteiger partial charge >= 0.3 is 0 Å². The molecule has 0 spiro atoms. The van der Waals surface area contributed by atoms with Gasteiger partial charge in [-0.05, 0) is 123 Å². The van der Waals surface area contributed by atoms with Crippen molar-refractivity contribution in [2.75, 3.05) is 4.90 Å². The average molecular weight is 869 g/mol. The average Bonchev–Trinajstić information content (AvgIpc) is 3.68. The van der Waals surface area contributed by atoms with Crippen LogP contribution in [-0.2, 0) is 0 Å². The summed E-state index contributed by atoms with van der Waals surface area (Å²) in [6.45, 7) is 2.14. The van der Waals surface area contributed by atoms with Crippen molar-refractivity contribution in [2.24, 2.45) is 0 Å². The zero-order valence-corrected chi connectivity index (χ0v) is 37.0. The third-order valence-corrected chi connectivity index (χ3v) is 13.1. The predicted molar refractivity (Wildman–Crippen MR) is 279 cm³/mol. The van der Waals surface area contributed by atoms with E-state index in [1.807, 2.05) is 30.3 Å². The first-order valence-electron chi connectivity index (χ1n) is 22.4. The third-order valence-electron chi connectivity index (χ3n) is 13.1. The fourth-order valence-corrected chi connectivity index (χ4v) is 9.66. The number of allylic oxidation sites excluding steroid dienone is 2. The van der Waals surface area contributed by atoms with Gasteiger partial charge in [0.25, 0.3) is 0 Å². The summed E-state index contributed by atoms with van der Waals surface area (Å²) in [7, 11) is 1.66. The number of aliphatic hydroxyl groups is 4. The Bertz CT molecular complexity index is 3640. The van der Waals surface area contributed by atoms with E-state index < -0.39 is 17.3 Å². The fraction of sp³-hybridized carbons (Fsp3) is 0.0333. The first-order chi connectivity index (χ1) is 32.7. The van der Waals surface area contributed by atoms with Crippen LogP contribution < -0.4 is 4.90 Å². The minimum atomic E-state index is -0.639. The summed E-state index contributed by atoms with van der Waals surface area (Å²) in [6, 6.07) is 72.7. The molecule has 0 amide bonds. The molecule has 0 radical (unpaired) electrons. The van der Waals surface area contributed by atoms with E-state index in [1.165, 1.54) is 27.1 Å². The molecule has 0 bridgehead atoms. The van der Waals surface area contributed by atoms with Gasteiger partial charge in [0.2, 0.25) is 0 Å². The molecule has 0 fully saturated rings. The zero-order chi connectivity index (χ0) is 45.8. The second-order valence-electron chi connectivity index (χ2n) is 17.3. The van der Waals surface area contributed by atoms with Crippen LogP contribution in [0.3, 0.4) is 0 Å². The van der Waals surface area contributed by atoms with Crippen molar-refractivity contribution in [3.8, 4) is 39.1 Å². The molecule has 4 N–H and O–H groups in total. The van der Waals surface area contributed by atoms with Gasteiger partial charge in [0.15, 0.2) is 11.5 Å². The maximum Gasteiger partial charge on any atom is 0.196 e. The SMILES string of the molecule is BC1=C(O)CC(O)=C(O)C(O)=C1c1ccc(-c2ccc(N(c3ccc(-c4ccccc4)cc3)c3cccc(-c4cccc5c4c4ccccc4n5-c4ccc5ccc(C)cc5c4)c3)cc2)cc1. The Hall–Kier alpha value is -8.68. The lowest BCUT2D eigenvalue weighted by Crippen LogP contribution is -2.10. The number of aryl methyl sites for hydroxylation is 1. The fourth-order valence-electron chi connectivity index (χ4n) is 9.66. The van der Waals surface area contributed by atoms with Gasteiger partial charge in [0, 0.05) is 39.1 Å². The van der Waals surface area contributed by atoms with Gasteiger partial charge < -0.3 is 29.9 Å². The van der Waals surface area contributed by atoms with Crippen LogP contribution in [0.4, 0.5) is 17.1 Å². The van der Waals surface area contributed by atoms with Crippen LogP contribution in [0, 0.1) is 6.92 Å². The van der Waals surface area contributed by atoms with Crippen LogP contribution >= 0.6 is 0 Å². The van der Waals surface area contributed by atoms with Crippen LogP contribution in [0.1, 0.15) is 17.5 Å². The Kier molecular flexibility index (Phi) is 10.2. The number of anilines is 3. The number of nitrogens with zero attached hydrogens (tertiary/aromatic N) is 2. The molecule has 0 atom stereocenters. The minimum absolute atomic E-state index is 0.121. The topological polar surface area (TPSA) is 89.1 Å². The third kappa shape index (κ3) is 7.37. The molecule has 10 aromatic rings. The maximum atomic E-state index is 10.9. The molecule has 67 heavy (non-hydrogen) atoms. The van der Waals surface area contributed by atoms with Crippen LogP contribution in [0.2, 0.25) is 0 Å². The van der Waals surface area contributed by atoms with Crippen molar-refractivity contribution >= 4 is 63.1 Å².